The number of ether oxygens (including phenoxy) is 1. The molecule has 9 heteroatoms. The van der Waals surface area contributed by atoms with Crippen molar-refractivity contribution in [2.24, 2.45) is 0 Å². The van der Waals surface area contributed by atoms with Crippen LogP contribution in [0.5, 0.6) is 0 Å². The monoisotopic (exact) mass is 432 g/mol. The van der Waals surface area contributed by atoms with Crippen LogP contribution in [0.2, 0.25) is 0 Å². The van der Waals surface area contributed by atoms with Gasteiger partial charge in [-0.25, -0.2) is 9.97 Å². The number of anilines is 1. The highest BCUT2D eigenvalue weighted by atomic mass is 32.1. The van der Waals surface area contributed by atoms with E-state index in [1.54, 1.807) is 6.33 Å². The van der Waals surface area contributed by atoms with Crippen LogP contribution in [0, 0.1) is 6.92 Å². The Morgan fingerprint density at radius 2 is 1.83 bits per heavy atom. The van der Waals surface area contributed by atoms with E-state index in [1.165, 1.54) is 17.8 Å². The minimum atomic E-state index is -0.0116. The Hall–Kier alpha value is -1.81. The van der Waals surface area contributed by atoms with Crippen LogP contribution in [-0.4, -0.2) is 97.8 Å². The van der Waals surface area contributed by atoms with E-state index in [0.717, 1.165) is 92.0 Å². The fourth-order valence-electron chi connectivity index (χ4n) is 4.24. The lowest BCUT2D eigenvalue weighted by Crippen LogP contribution is -2.46. The van der Waals surface area contributed by atoms with Gasteiger partial charge in [0.2, 0.25) is 0 Å². The van der Waals surface area contributed by atoms with Gasteiger partial charge >= 0.3 is 0 Å². The van der Waals surface area contributed by atoms with Crippen molar-refractivity contribution in [3.05, 3.63) is 16.8 Å². The van der Waals surface area contributed by atoms with E-state index < -0.39 is 0 Å². The lowest BCUT2D eigenvalue weighted by Gasteiger charge is -2.35. The number of carbonyl (C=O) groups excluding carboxylic acids is 1. The second-order valence-corrected chi connectivity index (χ2v) is 8.97. The number of thiophene rings is 1. The van der Waals surface area contributed by atoms with Crippen LogP contribution >= 0.6 is 11.3 Å². The van der Waals surface area contributed by atoms with Gasteiger partial charge in [-0.3, -0.25) is 14.6 Å². The van der Waals surface area contributed by atoms with Crippen LogP contribution in [0.15, 0.2) is 6.33 Å². The molecule has 4 heterocycles. The molecule has 2 fully saturated rings. The number of fused-ring (bicyclic) bond motifs is 1. The van der Waals surface area contributed by atoms with Gasteiger partial charge in [0, 0.05) is 52.4 Å². The molecule has 0 unspecified atom stereocenters. The van der Waals surface area contributed by atoms with Crippen LogP contribution in [0.1, 0.15) is 28.6 Å². The Balaban J connectivity index is 1.44. The second-order valence-electron chi connectivity index (χ2n) is 7.97. The largest absolute Gasteiger partial charge is 0.379 e. The molecule has 0 bridgehead atoms. The fourth-order valence-corrected chi connectivity index (χ4v) is 5.30. The molecule has 2 saturated heterocycles. The van der Waals surface area contributed by atoms with Crippen LogP contribution in [-0.2, 0) is 4.74 Å². The van der Waals surface area contributed by atoms with Crippen molar-refractivity contribution in [1.82, 2.24) is 25.1 Å². The van der Waals surface area contributed by atoms with E-state index in [1.807, 2.05) is 6.92 Å². The minimum Gasteiger partial charge on any atom is -0.379 e. The Morgan fingerprint density at radius 1 is 1.10 bits per heavy atom. The standard InChI is InChI=1S/C21H32N6O2S/c1-3-5-25-7-9-27(10-8-25)19-17-16(2)18(30-21(17)24-15-23-19)20(28)22-4-6-26-11-13-29-14-12-26/h15H,3-14H2,1-2H3,(H,22,28). The highest BCUT2D eigenvalue weighted by molar-refractivity contribution is 7.20. The number of amides is 1. The number of rotatable bonds is 7. The summed E-state index contributed by atoms with van der Waals surface area (Å²) in [7, 11) is 0. The van der Waals surface area contributed by atoms with Gasteiger partial charge in [0.15, 0.2) is 0 Å². The van der Waals surface area contributed by atoms with E-state index in [-0.39, 0.29) is 5.91 Å². The van der Waals surface area contributed by atoms with Gasteiger partial charge in [-0.1, -0.05) is 6.92 Å². The number of aryl methyl sites for hydroxylation is 1. The van der Waals surface area contributed by atoms with Crippen molar-refractivity contribution in [3.63, 3.8) is 0 Å². The summed E-state index contributed by atoms with van der Waals surface area (Å²) in [5, 5.41) is 4.12. The van der Waals surface area contributed by atoms with E-state index >= 15 is 0 Å². The number of hydrogen-bond donors (Lipinski definition) is 1. The first kappa shape index (κ1) is 21.4. The SMILES string of the molecule is CCCN1CCN(c2ncnc3sc(C(=O)NCCN4CCOCC4)c(C)c23)CC1. The highest BCUT2D eigenvalue weighted by Crippen LogP contribution is 2.35. The predicted octanol–water partition coefficient (Wildman–Crippen LogP) is 1.59. The molecule has 2 aromatic heterocycles. The second kappa shape index (κ2) is 10.00. The summed E-state index contributed by atoms with van der Waals surface area (Å²) in [6.45, 7) is 14.3. The first-order valence-corrected chi connectivity index (χ1v) is 11.8. The molecular formula is C21H32N6O2S. The molecule has 0 saturated carbocycles. The summed E-state index contributed by atoms with van der Waals surface area (Å²) in [6, 6.07) is 0. The van der Waals surface area contributed by atoms with Crippen LogP contribution in [0.25, 0.3) is 10.2 Å². The Kier molecular flexibility index (Phi) is 7.14. The fraction of sp³-hybridized carbons (Fsp3) is 0.667. The minimum absolute atomic E-state index is 0.0116. The molecular weight excluding hydrogens is 400 g/mol. The molecule has 8 nitrogen and oxygen atoms in total. The van der Waals surface area contributed by atoms with Crippen molar-refractivity contribution in [2.45, 2.75) is 20.3 Å². The van der Waals surface area contributed by atoms with Crippen LogP contribution < -0.4 is 10.2 Å². The van der Waals surface area contributed by atoms with E-state index in [2.05, 4.69) is 36.9 Å². The third kappa shape index (κ3) is 4.74. The van der Waals surface area contributed by atoms with Gasteiger partial charge in [0.25, 0.3) is 5.91 Å². The Labute approximate surface area is 182 Å². The molecule has 0 aromatic carbocycles. The molecule has 164 valence electrons. The zero-order valence-corrected chi connectivity index (χ0v) is 18.8. The van der Waals surface area contributed by atoms with Crippen LogP contribution in [0.4, 0.5) is 5.82 Å². The zero-order chi connectivity index (χ0) is 20.9. The van der Waals surface area contributed by atoms with Gasteiger partial charge in [-0.2, -0.15) is 0 Å². The molecule has 2 aliphatic rings. The molecule has 1 N–H and O–H groups in total. The third-order valence-corrected chi connectivity index (χ3v) is 7.14. The lowest BCUT2D eigenvalue weighted by molar-refractivity contribution is 0.0383. The summed E-state index contributed by atoms with van der Waals surface area (Å²) in [5.74, 6) is 0.958. The van der Waals surface area contributed by atoms with Gasteiger partial charge in [-0.05, 0) is 25.5 Å². The predicted molar refractivity (Wildman–Crippen MR) is 121 cm³/mol. The van der Waals surface area contributed by atoms with Gasteiger partial charge in [-0.15, -0.1) is 11.3 Å². The van der Waals surface area contributed by atoms with Gasteiger partial charge in [0.05, 0.1) is 23.5 Å². The maximum atomic E-state index is 12.9. The number of hydrogen-bond acceptors (Lipinski definition) is 8. The molecule has 4 rings (SSSR count). The molecule has 30 heavy (non-hydrogen) atoms. The molecule has 0 atom stereocenters. The van der Waals surface area contributed by atoms with E-state index in [0.29, 0.717) is 6.54 Å². The average Bonchev–Trinajstić information content (AvgIpc) is 3.12. The highest BCUT2D eigenvalue weighted by Gasteiger charge is 2.24. The number of carbonyl (C=O) groups is 1. The lowest BCUT2D eigenvalue weighted by atomic mass is 10.1. The number of nitrogens with one attached hydrogen (secondary N) is 1. The van der Waals surface area contributed by atoms with Crippen molar-refractivity contribution < 1.29 is 9.53 Å². The topological polar surface area (TPSA) is 73.8 Å². The average molecular weight is 433 g/mol. The van der Waals surface area contributed by atoms with Crippen molar-refractivity contribution >= 4 is 33.3 Å². The summed E-state index contributed by atoms with van der Waals surface area (Å²) in [4.78, 5) is 30.8. The Bertz CT molecular complexity index is 859. The molecule has 1 amide bonds. The number of morpholine rings is 1. The van der Waals surface area contributed by atoms with Crippen molar-refractivity contribution in [1.29, 1.82) is 0 Å². The molecule has 0 spiro atoms. The van der Waals surface area contributed by atoms with Crippen molar-refractivity contribution in [3.8, 4) is 0 Å². The molecule has 0 aliphatic carbocycles. The summed E-state index contributed by atoms with van der Waals surface area (Å²) >= 11 is 1.47. The summed E-state index contributed by atoms with van der Waals surface area (Å²) in [6.07, 6.45) is 2.82. The zero-order valence-electron chi connectivity index (χ0n) is 18.0. The maximum absolute atomic E-state index is 12.9. The first-order chi connectivity index (χ1) is 14.7. The number of aromatic nitrogens is 2. The number of nitrogens with zero attached hydrogens (tertiary/aromatic N) is 5. The maximum Gasteiger partial charge on any atom is 0.261 e. The summed E-state index contributed by atoms with van der Waals surface area (Å²) in [5.41, 5.74) is 0.991. The quantitative estimate of drug-likeness (QED) is 0.712. The van der Waals surface area contributed by atoms with E-state index in [4.69, 9.17) is 4.74 Å². The number of piperazine rings is 1. The first-order valence-electron chi connectivity index (χ1n) is 11.0. The van der Waals surface area contributed by atoms with E-state index in [9.17, 15) is 4.79 Å². The Morgan fingerprint density at radius 3 is 2.57 bits per heavy atom. The van der Waals surface area contributed by atoms with Crippen molar-refractivity contribution in [2.75, 3.05) is 77.0 Å². The van der Waals surface area contributed by atoms with Gasteiger partial charge in [0.1, 0.15) is 17.0 Å². The normalized spacial score (nSPS) is 18.8. The smallest absolute Gasteiger partial charge is 0.261 e. The molecule has 2 aliphatic heterocycles. The molecule has 0 radical (unpaired) electrons. The summed E-state index contributed by atoms with van der Waals surface area (Å²) < 4.78 is 5.38. The third-order valence-electron chi connectivity index (χ3n) is 5.94. The van der Waals surface area contributed by atoms with Crippen LogP contribution in [0.3, 0.4) is 0 Å². The van der Waals surface area contributed by atoms with Gasteiger partial charge < -0.3 is 15.0 Å². The molecule has 2 aromatic rings.